The van der Waals surface area contributed by atoms with Crippen LogP contribution in [-0.4, -0.2) is 34.2 Å². The summed E-state index contributed by atoms with van der Waals surface area (Å²) < 4.78 is 16.9. The molecule has 4 N–H and O–H groups in total. The van der Waals surface area contributed by atoms with Crippen LogP contribution in [0.5, 0.6) is 0 Å². The van der Waals surface area contributed by atoms with Crippen LogP contribution in [0.1, 0.15) is 68.0 Å². The average molecular weight is 414 g/mol. The molecule has 0 bridgehead atoms. The predicted octanol–water partition coefficient (Wildman–Crippen LogP) is 4.06. The van der Waals surface area contributed by atoms with Crippen LogP contribution in [0.15, 0.2) is 12.1 Å². The second-order valence-electron chi connectivity index (χ2n) is 7.74. The molecule has 1 aliphatic rings. The maximum atomic E-state index is 11.0. The van der Waals surface area contributed by atoms with Gasteiger partial charge in [0.1, 0.15) is 0 Å². The normalized spacial score (nSPS) is 17.9. The molecular weight excluding hydrogens is 381 g/mol. The molecule has 152 valence electrons. The number of hydrogen-bond acceptors (Lipinski definition) is 4. The van der Waals surface area contributed by atoms with Gasteiger partial charge < -0.3 is 20.3 Å². The molecule has 1 unspecified atom stereocenters. The topological polar surface area (TPSA) is 92.8 Å². The standard InChI is InChI=1S/C20H32NO4PS/c1-20(21,14-16-26(22,23)24)13-12-19-11-10-18(27-19)9-5-6-15-25-17-7-3-2-4-8-17/h10-11,17H,2-4,6-8,12-16,21H2,1H3,(H2,22,23,24). The molecule has 0 spiro atoms. The molecular formula is C20H32NO4PS. The van der Waals surface area contributed by atoms with Gasteiger partial charge in [-0.2, -0.15) is 0 Å². The van der Waals surface area contributed by atoms with E-state index in [1.807, 2.05) is 13.0 Å². The molecule has 2 rings (SSSR count). The summed E-state index contributed by atoms with van der Waals surface area (Å²) in [5.74, 6) is 6.39. The lowest BCUT2D eigenvalue weighted by Gasteiger charge is -2.24. The molecule has 7 heteroatoms. The molecule has 0 amide bonds. The van der Waals surface area contributed by atoms with Crippen molar-refractivity contribution in [2.24, 2.45) is 5.73 Å². The van der Waals surface area contributed by atoms with Crippen molar-refractivity contribution in [3.8, 4) is 11.8 Å². The third-order valence-corrected chi connectivity index (χ3v) is 6.79. The zero-order valence-corrected chi connectivity index (χ0v) is 17.9. The summed E-state index contributed by atoms with van der Waals surface area (Å²) in [6, 6.07) is 4.09. The Kier molecular flexibility index (Phi) is 9.01. The van der Waals surface area contributed by atoms with Gasteiger partial charge >= 0.3 is 7.60 Å². The largest absolute Gasteiger partial charge is 0.377 e. The van der Waals surface area contributed by atoms with Crippen molar-refractivity contribution >= 4 is 18.9 Å². The lowest BCUT2D eigenvalue weighted by atomic mass is 9.94. The highest BCUT2D eigenvalue weighted by molar-refractivity contribution is 7.51. The van der Waals surface area contributed by atoms with Crippen molar-refractivity contribution < 1.29 is 19.1 Å². The number of thiophene rings is 1. The highest BCUT2D eigenvalue weighted by Gasteiger charge is 2.23. The van der Waals surface area contributed by atoms with Crippen LogP contribution in [0, 0.1) is 11.8 Å². The zero-order valence-electron chi connectivity index (χ0n) is 16.2. The van der Waals surface area contributed by atoms with E-state index < -0.39 is 13.1 Å². The first kappa shape index (κ1) is 22.6. The van der Waals surface area contributed by atoms with Gasteiger partial charge in [0.15, 0.2) is 0 Å². The summed E-state index contributed by atoms with van der Waals surface area (Å²) in [6.07, 6.45) is 9.13. The molecule has 1 atom stereocenters. The molecule has 1 saturated carbocycles. The van der Waals surface area contributed by atoms with Crippen LogP contribution < -0.4 is 5.73 Å². The first-order chi connectivity index (χ1) is 12.7. The Morgan fingerprint density at radius 1 is 1.30 bits per heavy atom. The second-order valence-corrected chi connectivity index (χ2v) is 10.7. The van der Waals surface area contributed by atoms with Gasteiger partial charge in [0, 0.05) is 16.8 Å². The smallest absolute Gasteiger partial charge is 0.325 e. The molecule has 1 aliphatic carbocycles. The van der Waals surface area contributed by atoms with E-state index in [1.165, 1.54) is 37.0 Å². The molecule has 1 aromatic heterocycles. The van der Waals surface area contributed by atoms with E-state index in [2.05, 4.69) is 17.9 Å². The van der Waals surface area contributed by atoms with Crippen LogP contribution in [0.3, 0.4) is 0 Å². The van der Waals surface area contributed by atoms with Crippen molar-refractivity contribution in [3.05, 3.63) is 21.9 Å². The Morgan fingerprint density at radius 2 is 2.04 bits per heavy atom. The monoisotopic (exact) mass is 413 g/mol. The Balaban J connectivity index is 1.69. The van der Waals surface area contributed by atoms with Crippen molar-refractivity contribution in [1.29, 1.82) is 0 Å². The van der Waals surface area contributed by atoms with E-state index in [-0.39, 0.29) is 6.16 Å². The van der Waals surface area contributed by atoms with E-state index in [0.29, 0.717) is 25.6 Å². The van der Waals surface area contributed by atoms with Gasteiger partial charge in [0.25, 0.3) is 0 Å². The molecule has 0 aliphatic heterocycles. The van der Waals surface area contributed by atoms with E-state index in [4.69, 9.17) is 20.3 Å². The molecule has 1 fully saturated rings. The van der Waals surface area contributed by atoms with Crippen molar-refractivity contribution in [1.82, 2.24) is 0 Å². The first-order valence-corrected chi connectivity index (χ1v) is 12.4. The summed E-state index contributed by atoms with van der Waals surface area (Å²) >= 11 is 1.66. The van der Waals surface area contributed by atoms with Gasteiger partial charge in [-0.05, 0) is 51.2 Å². The molecule has 0 radical (unpaired) electrons. The zero-order chi connectivity index (χ0) is 19.8. The lowest BCUT2D eigenvalue weighted by Crippen LogP contribution is -2.37. The number of hydrogen-bond donors (Lipinski definition) is 3. The van der Waals surface area contributed by atoms with Crippen LogP contribution >= 0.6 is 18.9 Å². The van der Waals surface area contributed by atoms with Gasteiger partial charge in [-0.15, -0.1) is 11.3 Å². The second kappa shape index (κ2) is 10.8. The predicted molar refractivity (Wildman–Crippen MR) is 111 cm³/mol. The quantitative estimate of drug-likeness (QED) is 0.323. The van der Waals surface area contributed by atoms with Gasteiger partial charge in [-0.1, -0.05) is 31.1 Å². The average Bonchev–Trinajstić information content (AvgIpc) is 3.07. The highest BCUT2D eigenvalue weighted by atomic mass is 32.1. The van der Waals surface area contributed by atoms with Crippen LogP contribution in [0.4, 0.5) is 0 Å². The lowest BCUT2D eigenvalue weighted by molar-refractivity contribution is 0.0320. The molecule has 5 nitrogen and oxygen atoms in total. The van der Waals surface area contributed by atoms with Crippen molar-refractivity contribution in [3.63, 3.8) is 0 Å². The Morgan fingerprint density at radius 3 is 2.74 bits per heavy atom. The van der Waals surface area contributed by atoms with Gasteiger partial charge in [0.05, 0.1) is 23.7 Å². The van der Waals surface area contributed by atoms with E-state index in [1.54, 1.807) is 11.3 Å². The van der Waals surface area contributed by atoms with E-state index in [9.17, 15) is 4.57 Å². The Bertz CT molecular complexity index is 680. The summed E-state index contributed by atoms with van der Waals surface area (Å²) in [5.41, 5.74) is 5.60. The fourth-order valence-corrected chi connectivity index (χ4v) is 4.86. The summed E-state index contributed by atoms with van der Waals surface area (Å²) in [6.45, 7) is 2.56. The third-order valence-electron chi connectivity index (χ3n) is 4.92. The SMILES string of the molecule is CC(N)(CCc1ccc(C#CCCOC2CCCCC2)s1)CCP(=O)(O)O. The fraction of sp³-hybridized carbons (Fsp3) is 0.700. The molecule has 27 heavy (non-hydrogen) atoms. The fourth-order valence-electron chi connectivity index (χ4n) is 3.17. The number of aryl methyl sites for hydroxylation is 1. The molecule has 1 aromatic rings. The molecule has 0 saturated heterocycles. The van der Waals surface area contributed by atoms with E-state index in [0.717, 1.165) is 17.7 Å². The molecule has 0 aromatic carbocycles. The summed E-state index contributed by atoms with van der Waals surface area (Å²) in [4.78, 5) is 20.2. The summed E-state index contributed by atoms with van der Waals surface area (Å²) in [7, 11) is -3.99. The van der Waals surface area contributed by atoms with Crippen molar-refractivity contribution in [2.75, 3.05) is 12.8 Å². The van der Waals surface area contributed by atoms with Gasteiger partial charge in [-0.3, -0.25) is 4.57 Å². The third kappa shape index (κ3) is 9.89. The van der Waals surface area contributed by atoms with Gasteiger partial charge in [0.2, 0.25) is 0 Å². The summed E-state index contributed by atoms with van der Waals surface area (Å²) in [5, 5.41) is 0. The molecule has 1 heterocycles. The van der Waals surface area contributed by atoms with Crippen molar-refractivity contribution in [2.45, 2.75) is 76.4 Å². The minimum absolute atomic E-state index is 0.163. The highest BCUT2D eigenvalue weighted by Crippen LogP contribution is 2.37. The minimum Gasteiger partial charge on any atom is -0.377 e. The van der Waals surface area contributed by atoms with E-state index >= 15 is 0 Å². The van der Waals surface area contributed by atoms with Crippen LogP contribution in [-0.2, 0) is 15.7 Å². The van der Waals surface area contributed by atoms with Crippen LogP contribution in [0.25, 0.3) is 0 Å². The van der Waals surface area contributed by atoms with Crippen LogP contribution in [0.2, 0.25) is 0 Å². The van der Waals surface area contributed by atoms with Gasteiger partial charge in [-0.25, -0.2) is 0 Å². The Labute approximate surface area is 166 Å². The number of rotatable bonds is 9. The number of ether oxygens (including phenoxy) is 1. The first-order valence-electron chi connectivity index (χ1n) is 9.76. The maximum Gasteiger partial charge on any atom is 0.325 e. The Hall–Kier alpha value is -0.670. The minimum atomic E-state index is -3.99. The maximum absolute atomic E-state index is 11.0. The number of nitrogens with two attached hydrogens (primary N) is 1.